The number of urea groups is 1. The van der Waals surface area contributed by atoms with Crippen LogP contribution in [0.15, 0.2) is 0 Å². The Bertz CT molecular complexity index is 367. The first-order valence-corrected chi connectivity index (χ1v) is 8.31. The molecule has 3 amide bonds. The second-order valence-corrected chi connectivity index (χ2v) is 6.63. The van der Waals surface area contributed by atoms with Crippen LogP contribution in [0, 0.1) is 0 Å². The van der Waals surface area contributed by atoms with E-state index in [1.165, 1.54) is 0 Å². The standard InChI is InChI=1S/C13H23N3O3S/c1-2-10(17)15-11(18)6-4-3-5-9-12-8(7-20-9)14-13(19)16-12/h8-10,12,17H,2-7H2,1H3,(H,15,18)(H2,14,16,19)/t8-,9-,10?,12-/m0/s1. The van der Waals surface area contributed by atoms with Crippen LogP contribution in [0.2, 0.25) is 0 Å². The van der Waals surface area contributed by atoms with Crippen molar-refractivity contribution in [2.75, 3.05) is 5.75 Å². The molecule has 4 atom stereocenters. The maximum atomic E-state index is 11.5. The molecule has 4 N–H and O–H groups in total. The van der Waals surface area contributed by atoms with Crippen molar-refractivity contribution in [3.8, 4) is 0 Å². The van der Waals surface area contributed by atoms with Crippen LogP contribution in [0.5, 0.6) is 0 Å². The lowest BCUT2D eigenvalue weighted by Gasteiger charge is -2.16. The van der Waals surface area contributed by atoms with Crippen molar-refractivity contribution in [1.82, 2.24) is 16.0 Å². The number of aliphatic hydroxyl groups excluding tert-OH is 1. The average molecular weight is 301 g/mol. The molecule has 6 nitrogen and oxygen atoms in total. The molecule has 2 heterocycles. The Hall–Kier alpha value is -0.950. The average Bonchev–Trinajstić information content (AvgIpc) is 2.94. The van der Waals surface area contributed by atoms with Gasteiger partial charge in [0.25, 0.3) is 0 Å². The molecule has 7 heteroatoms. The molecule has 2 aliphatic rings. The number of hydrogen-bond acceptors (Lipinski definition) is 4. The zero-order valence-corrected chi connectivity index (χ0v) is 12.5. The molecule has 1 unspecified atom stereocenters. The van der Waals surface area contributed by atoms with Gasteiger partial charge in [-0.1, -0.05) is 13.3 Å². The van der Waals surface area contributed by atoms with Crippen LogP contribution >= 0.6 is 11.8 Å². The number of carbonyl (C=O) groups excluding carboxylic acids is 2. The summed E-state index contributed by atoms with van der Waals surface area (Å²) < 4.78 is 0. The highest BCUT2D eigenvalue weighted by molar-refractivity contribution is 8.00. The van der Waals surface area contributed by atoms with Crippen molar-refractivity contribution < 1.29 is 14.7 Å². The minimum atomic E-state index is -0.728. The number of nitrogens with one attached hydrogen (secondary N) is 3. The van der Waals surface area contributed by atoms with E-state index in [0.29, 0.717) is 18.1 Å². The number of rotatable bonds is 7. The van der Waals surface area contributed by atoms with Gasteiger partial charge in [-0.05, 0) is 19.3 Å². The van der Waals surface area contributed by atoms with Crippen molar-refractivity contribution >= 4 is 23.7 Å². The van der Waals surface area contributed by atoms with Crippen LogP contribution in [-0.4, -0.2) is 46.4 Å². The second kappa shape index (κ2) is 7.17. The van der Waals surface area contributed by atoms with Gasteiger partial charge >= 0.3 is 6.03 Å². The summed E-state index contributed by atoms with van der Waals surface area (Å²) in [5.41, 5.74) is 0. The van der Waals surface area contributed by atoms with E-state index >= 15 is 0 Å². The summed E-state index contributed by atoms with van der Waals surface area (Å²) in [5, 5.41) is 18.2. The minimum Gasteiger partial charge on any atom is -0.374 e. The smallest absolute Gasteiger partial charge is 0.315 e. The number of fused-ring (bicyclic) bond motifs is 1. The summed E-state index contributed by atoms with van der Waals surface area (Å²) in [5.74, 6) is 0.879. The molecule has 0 saturated carbocycles. The molecule has 0 radical (unpaired) electrons. The van der Waals surface area contributed by atoms with Gasteiger partial charge in [-0.25, -0.2) is 4.79 Å². The summed E-state index contributed by atoms with van der Waals surface area (Å²) >= 11 is 1.89. The van der Waals surface area contributed by atoms with E-state index in [2.05, 4.69) is 16.0 Å². The molecule has 0 aromatic heterocycles. The lowest BCUT2D eigenvalue weighted by atomic mass is 10.0. The Morgan fingerprint density at radius 1 is 1.50 bits per heavy atom. The van der Waals surface area contributed by atoms with Gasteiger partial charge < -0.3 is 21.1 Å². The summed E-state index contributed by atoms with van der Waals surface area (Å²) in [6.07, 6.45) is 3.04. The van der Waals surface area contributed by atoms with E-state index in [-0.39, 0.29) is 24.0 Å². The molecule has 2 fully saturated rings. The number of amides is 3. The number of thioether (sulfide) groups is 1. The molecule has 0 spiro atoms. The number of unbranched alkanes of at least 4 members (excludes halogenated alkanes) is 1. The number of carbonyl (C=O) groups is 2. The monoisotopic (exact) mass is 301 g/mol. The largest absolute Gasteiger partial charge is 0.374 e. The van der Waals surface area contributed by atoms with Gasteiger partial charge in [-0.15, -0.1) is 0 Å². The third-order valence-electron chi connectivity index (χ3n) is 3.79. The fourth-order valence-electron chi connectivity index (χ4n) is 2.63. The van der Waals surface area contributed by atoms with Crippen molar-refractivity contribution in [1.29, 1.82) is 0 Å². The van der Waals surface area contributed by atoms with Gasteiger partial charge in [-0.3, -0.25) is 4.79 Å². The van der Waals surface area contributed by atoms with E-state index in [9.17, 15) is 14.7 Å². The summed E-state index contributed by atoms with van der Waals surface area (Å²) in [6.45, 7) is 1.82. The van der Waals surface area contributed by atoms with Crippen LogP contribution < -0.4 is 16.0 Å². The van der Waals surface area contributed by atoms with Gasteiger partial charge in [-0.2, -0.15) is 11.8 Å². The first-order chi connectivity index (χ1) is 9.60. The Kier molecular flexibility index (Phi) is 5.54. The summed E-state index contributed by atoms with van der Waals surface area (Å²) in [7, 11) is 0. The molecular formula is C13H23N3O3S. The first-order valence-electron chi connectivity index (χ1n) is 7.26. The Morgan fingerprint density at radius 3 is 3.05 bits per heavy atom. The van der Waals surface area contributed by atoms with Gasteiger partial charge in [0.1, 0.15) is 6.23 Å². The zero-order chi connectivity index (χ0) is 14.5. The van der Waals surface area contributed by atoms with Gasteiger partial charge in [0, 0.05) is 17.4 Å². The Morgan fingerprint density at radius 2 is 2.30 bits per heavy atom. The van der Waals surface area contributed by atoms with E-state index < -0.39 is 6.23 Å². The maximum absolute atomic E-state index is 11.5. The van der Waals surface area contributed by atoms with E-state index in [1.54, 1.807) is 0 Å². The predicted octanol–water partition coefficient (Wildman–Crippen LogP) is 0.557. The van der Waals surface area contributed by atoms with Crippen LogP contribution in [0.4, 0.5) is 4.79 Å². The SMILES string of the molecule is CCC(O)NC(=O)CCCC[C@@H]1SC[C@@H]2NC(=O)N[C@@H]21. The summed E-state index contributed by atoms with van der Waals surface area (Å²) in [6, 6.07) is 0.446. The zero-order valence-electron chi connectivity index (χ0n) is 11.7. The third-order valence-corrected chi connectivity index (χ3v) is 5.30. The van der Waals surface area contributed by atoms with E-state index in [0.717, 1.165) is 25.0 Å². The highest BCUT2D eigenvalue weighted by Gasteiger charge is 2.42. The van der Waals surface area contributed by atoms with Crippen molar-refractivity contribution in [2.24, 2.45) is 0 Å². The molecule has 2 saturated heterocycles. The second-order valence-electron chi connectivity index (χ2n) is 5.36. The Balaban J connectivity index is 1.60. The molecule has 0 bridgehead atoms. The topological polar surface area (TPSA) is 90.5 Å². The predicted molar refractivity (Wildman–Crippen MR) is 78.4 cm³/mol. The maximum Gasteiger partial charge on any atom is 0.315 e. The van der Waals surface area contributed by atoms with E-state index in [4.69, 9.17) is 0 Å². The highest BCUT2D eigenvalue weighted by atomic mass is 32.2. The Labute approximate surface area is 123 Å². The third kappa shape index (κ3) is 4.02. The normalized spacial score (nSPS) is 29.5. The van der Waals surface area contributed by atoms with Gasteiger partial charge in [0.15, 0.2) is 0 Å². The lowest BCUT2D eigenvalue weighted by molar-refractivity contribution is -0.124. The first kappa shape index (κ1) is 15.4. The molecule has 0 aromatic carbocycles. The van der Waals surface area contributed by atoms with Crippen molar-refractivity contribution in [3.05, 3.63) is 0 Å². The molecule has 0 aliphatic carbocycles. The molecule has 0 aromatic rings. The molecule has 2 rings (SSSR count). The fourth-order valence-corrected chi connectivity index (χ4v) is 4.18. The summed E-state index contributed by atoms with van der Waals surface area (Å²) in [4.78, 5) is 22.7. The van der Waals surface area contributed by atoms with Crippen LogP contribution in [0.25, 0.3) is 0 Å². The minimum absolute atomic E-state index is 0.0572. The van der Waals surface area contributed by atoms with Crippen molar-refractivity contribution in [2.45, 2.75) is 62.6 Å². The molecule has 20 heavy (non-hydrogen) atoms. The van der Waals surface area contributed by atoms with Gasteiger partial charge in [0.2, 0.25) is 5.91 Å². The molecular weight excluding hydrogens is 278 g/mol. The van der Waals surface area contributed by atoms with Crippen LogP contribution in [0.3, 0.4) is 0 Å². The van der Waals surface area contributed by atoms with Crippen molar-refractivity contribution in [3.63, 3.8) is 0 Å². The number of hydrogen-bond donors (Lipinski definition) is 4. The molecule has 114 valence electrons. The molecule has 2 aliphatic heterocycles. The van der Waals surface area contributed by atoms with E-state index in [1.807, 2.05) is 18.7 Å². The van der Waals surface area contributed by atoms with Crippen LogP contribution in [-0.2, 0) is 4.79 Å². The fraction of sp³-hybridized carbons (Fsp3) is 0.846. The quantitative estimate of drug-likeness (QED) is 0.314. The van der Waals surface area contributed by atoms with Crippen LogP contribution in [0.1, 0.15) is 39.0 Å². The number of aliphatic hydroxyl groups is 1. The van der Waals surface area contributed by atoms with Gasteiger partial charge in [0.05, 0.1) is 12.1 Å². The highest BCUT2D eigenvalue weighted by Crippen LogP contribution is 2.33. The lowest BCUT2D eigenvalue weighted by Crippen LogP contribution is -2.36.